The normalized spacial score (nSPS) is 11.3. The molecule has 0 unspecified atom stereocenters. The molecular weight excluding hydrogens is 296 g/mol. The lowest BCUT2D eigenvalue weighted by atomic mass is 10.1. The Morgan fingerprint density at radius 2 is 2.14 bits per heavy atom. The Morgan fingerprint density at radius 3 is 2.67 bits per heavy atom. The SMILES string of the molecule is CCc1ccc(NS(=O)(=O)c2cnnn2C)c(C(=O)O)c1. The fourth-order valence-corrected chi connectivity index (χ4v) is 2.94. The number of rotatable bonds is 5. The molecule has 2 aromatic rings. The number of anilines is 1. The zero-order valence-electron chi connectivity index (χ0n) is 11.4. The number of nitrogens with one attached hydrogen (secondary N) is 1. The summed E-state index contributed by atoms with van der Waals surface area (Å²) in [4.78, 5) is 11.3. The summed E-state index contributed by atoms with van der Waals surface area (Å²) in [6.07, 6.45) is 1.74. The van der Waals surface area contributed by atoms with Crippen LogP contribution in [0.5, 0.6) is 0 Å². The van der Waals surface area contributed by atoms with Crippen molar-refractivity contribution in [2.24, 2.45) is 7.05 Å². The number of aromatic carboxylic acids is 1. The molecule has 21 heavy (non-hydrogen) atoms. The minimum atomic E-state index is -3.95. The van der Waals surface area contributed by atoms with Gasteiger partial charge in [0.25, 0.3) is 10.0 Å². The van der Waals surface area contributed by atoms with Crippen LogP contribution in [0.1, 0.15) is 22.8 Å². The second kappa shape index (κ2) is 5.52. The molecule has 2 N–H and O–H groups in total. The van der Waals surface area contributed by atoms with E-state index in [9.17, 15) is 18.3 Å². The standard InChI is InChI=1S/C12H14N4O4S/c1-3-8-4-5-10(9(6-8)12(17)18)14-21(19,20)11-7-13-15-16(11)2/h4-7,14H,3H2,1-2H3,(H,17,18). The molecule has 0 fully saturated rings. The second-order valence-corrected chi connectivity index (χ2v) is 5.97. The van der Waals surface area contributed by atoms with E-state index in [1.54, 1.807) is 6.07 Å². The summed E-state index contributed by atoms with van der Waals surface area (Å²) in [5.41, 5.74) is 0.700. The molecule has 0 aliphatic heterocycles. The lowest BCUT2D eigenvalue weighted by molar-refractivity contribution is 0.0698. The number of benzene rings is 1. The number of nitrogens with zero attached hydrogens (tertiary/aromatic N) is 3. The van der Waals surface area contributed by atoms with Gasteiger partial charge in [0, 0.05) is 7.05 Å². The first kappa shape index (κ1) is 15.0. The Morgan fingerprint density at radius 1 is 1.43 bits per heavy atom. The van der Waals surface area contributed by atoms with Crippen molar-refractivity contribution in [1.29, 1.82) is 0 Å². The third-order valence-corrected chi connectivity index (χ3v) is 4.32. The highest BCUT2D eigenvalue weighted by Gasteiger charge is 2.22. The summed E-state index contributed by atoms with van der Waals surface area (Å²) in [5.74, 6) is -1.20. The maximum Gasteiger partial charge on any atom is 0.337 e. The van der Waals surface area contributed by atoms with Gasteiger partial charge in [0.15, 0.2) is 5.03 Å². The third kappa shape index (κ3) is 3.02. The van der Waals surface area contributed by atoms with Crippen molar-refractivity contribution < 1.29 is 18.3 Å². The zero-order chi connectivity index (χ0) is 15.6. The highest BCUT2D eigenvalue weighted by Crippen LogP contribution is 2.21. The molecule has 0 amide bonds. The topological polar surface area (TPSA) is 114 Å². The predicted molar refractivity (Wildman–Crippen MR) is 74.6 cm³/mol. The van der Waals surface area contributed by atoms with Crippen LogP contribution in [-0.4, -0.2) is 34.5 Å². The van der Waals surface area contributed by atoms with Crippen LogP contribution in [0, 0.1) is 0 Å². The summed E-state index contributed by atoms with van der Waals surface area (Å²) in [6, 6.07) is 4.55. The molecule has 0 atom stereocenters. The van der Waals surface area contributed by atoms with E-state index in [0.29, 0.717) is 6.42 Å². The van der Waals surface area contributed by atoms with Gasteiger partial charge in [-0.15, -0.1) is 5.10 Å². The summed E-state index contributed by atoms with van der Waals surface area (Å²) >= 11 is 0. The van der Waals surface area contributed by atoms with Crippen molar-refractivity contribution in [3.8, 4) is 0 Å². The van der Waals surface area contributed by atoms with Crippen molar-refractivity contribution >= 4 is 21.7 Å². The van der Waals surface area contributed by atoms with Crippen molar-refractivity contribution in [2.45, 2.75) is 18.4 Å². The van der Waals surface area contributed by atoms with Gasteiger partial charge in [-0.3, -0.25) is 4.72 Å². The fourth-order valence-electron chi connectivity index (χ4n) is 1.80. The lowest BCUT2D eigenvalue weighted by Crippen LogP contribution is -2.18. The summed E-state index contributed by atoms with van der Waals surface area (Å²) < 4.78 is 27.8. The lowest BCUT2D eigenvalue weighted by Gasteiger charge is -2.11. The smallest absolute Gasteiger partial charge is 0.337 e. The minimum Gasteiger partial charge on any atom is -0.478 e. The van der Waals surface area contributed by atoms with Crippen molar-refractivity contribution in [3.05, 3.63) is 35.5 Å². The van der Waals surface area contributed by atoms with Crippen LogP contribution >= 0.6 is 0 Å². The van der Waals surface area contributed by atoms with Gasteiger partial charge < -0.3 is 5.11 Å². The Balaban J connectivity index is 2.44. The molecule has 9 heteroatoms. The van der Waals surface area contributed by atoms with E-state index in [4.69, 9.17) is 0 Å². The van der Waals surface area contributed by atoms with Crippen molar-refractivity contribution in [2.75, 3.05) is 4.72 Å². The van der Waals surface area contributed by atoms with Gasteiger partial charge in [-0.25, -0.2) is 9.48 Å². The molecule has 2 rings (SSSR count). The molecule has 8 nitrogen and oxygen atoms in total. The van der Waals surface area contributed by atoms with Gasteiger partial charge in [0.2, 0.25) is 0 Å². The van der Waals surface area contributed by atoms with Crippen LogP contribution in [0.3, 0.4) is 0 Å². The first-order chi connectivity index (χ1) is 9.85. The number of aromatic nitrogens is 3. The van der Waals surface area contributed by atoms with Gasteiger partial charge in [0.05, 0.1) is 17.4 Å². The van der Waals surface area contributed by atoms with E-state index >= 15 is 0 Å². The van der Waals surface area contributed by atoms with E-state index in [1.165, 1.54) is 19.2 Å². The number of aryl methyl sites for hydroxylation is 2. The summed E-state index contributed by atoms with van der Waals surface area (Å²) in [6.45, 7) is 1.88. The quantitative estimate of drug-likeness (QED) is 0.847. The fraction of sp³-hybridized carbons (Fsp3) is 0.250. The molecule has 0 bridgehead atoms. The van der Waals surface area contributed by atoms with E-state index in [-0.39, 0.29) is 16.3 Å². The molecule has 0 saturated carbocycles. The van der Waals surface area contributed by atoms with E-state index in [1.807, 2.05) is 6.92 Å². The highest BCUT2D eigenvalue weighted by atomic mass is 32.2. The van der Waals surface area contributed by atoms with E-state index < -0.39 is 16.0 Å². The van der Waals surface area contributed by atoms with Crippen molar-refractivity contribution in [3.63, 3.8) is 0 Å². The van der Waals surface area contributed by atoms with Crippen LogP contribution < -0.4 is 4.72 Å². The molecule has 0 spiro atoms. The van der Waals surface area contributed by atoms with Gasteiger partial charge in [-0.05, 0) is 24.1 Å². The number of sulfonamides is 1. The number of carboxylic acid groups (broad SMARTS) is 1. The van der Waals surface area contributed by atoms with Crippen LogP contribution in [-0.2, 0) is 23.5 Å². The molecule has 1 heterocycles. The minimum absolute atomic E-state index is 0.000833. The van der Waals surface area contributed by atoms with Crippen molar-refractivity contribution in [1.82, 2.24) is 15.0 Å². The average Bonchev–Trinajstić information content (AvgIpc) is 2.85. The van der Waals surface area contributed by atoms with Gasteiger partial charge in [-0.2, -0.15) is 8.42 Å². The average molecular weight is 310 g/mol. The number of hydrogen-bond donors (Lipinski definition) is 2. The maximum absolute atomic E-state index is 12.2. The van der Waals surface area contributed by atoms with Crippen LogP contribution in [0.4, 0.5) is 5.69 Å². The Kier molecular flexibility index (Phi) is 3.94. The highest BCUT2D eigenvalue weighted by molar-refractivity contribution is 7.92. The molecule has 0 saturated heterocycles. The van der Waals surface area contributed by atoms with Crippen LogP contribution in [0.2, 0.25) is 0 Å². The Hall–Kier alpha value is -2.42. The van der Waals surface area contributed by atoms with Crippen LogP contribution in [0.25, 0.3) is 0 Å². The molecule has 1 aromatic heterocycles. The van der Waals surface area contributed by atoms with Gasteiger partial charge in [-0.1, -0.05) is 18.2 Å². The number of carboxylic acids is 1. The molecular formula is C12H14N4O4S. The Bertz CT molecular complexity index is 782. The van der Waals surface area contributed by atoms with Crippen LogP contribution in [0.15, 0.2) is 29.4 Å². The molecule has 1 aromatic carbocycles. The summed E-state index contributed by atoms with van der Waals surface area (Å²) in [5, 5.41) is 16.1. The molecule has 0 aliphatic carbocycles. The number of carbonyl (C=O) groups is 1. The Labute approximate surface area is 121 Å². The zero-order valence-corrected chi connectivity index (χ0v) is 12.3. The molecule has 0 radical (unpaired) electrons. The predicted octanol–water partition coefficient (Wildman–Crippen LogP) is 0.876. The first-order valence-corrected chi connectivity index (χ1v) is 7.57. The molecule has 0 aliphatic rings. The number of hydrogen-bond acceptors (Lipinski definition) is 5. The third-order valence-electron chi connectivity index (χ3n) is 2.92. The first-order valence-electron chi connectivity index (χ1n) is 6.09. The molecule has 112 valence electrons. The van der Waals surface area contributed by atoms with Gasteiger partial charge in [0.1, 0.15) is 0 Å². The maximum atomic E-state index is 12.2. The van der Waals surface area contributed by atoms with Gasteiger partial charge >= 0.3 is 5.97 Å². The second-order valence-electron chi connectivity index (χ2n) is 4.34. The monoisotopic (exact) mass is 310 g/mol. The van der Waals surface area contributed by atoms with E-state index in [2.05, 4.69) is 15.0 Å². The largest absolute Gasteiger partial charge is 0.478 e. The summed E-state index contributed by atoms with van der Waals surface area (Å²) in [7, 11) is -2.52. The van der Waals surface area contributed by atoms with E-state index in [0.717, 1.165) is 16.4 Å².